The van der Waals surface area contributed by atoms with Crippen LogP contribution in [0.15, 0.2) is 0 Å². The van der Waals surface area contributed by atoms with E-state index in [0.717, 1.165) is 6.42 Å². The van der Waals surface area contributed by atoms with Crippen LogP contribution in [0, 0.1) is 5.92 Å². The molecule has 0 aromatic carbocycles. The van der Waals surface area contributed by atoms with Crippen molar-refractivity contribution in [2.75, 3.05) is 0 Å². The number of nitrogens with one attached hydrogen (secondary N) is 1. The van der Waals surface area contributed by atoms with Crippen LogP contribution in [0.1, 0.15) is 26.7 Å². The van der Waals surface area contributed by atoms with Crippen LogP contribution in [0.4, 0.5) is 0 Å². The summed E-state index contributed by atoms with van der Waals surface area (Å²) in [7, 11) is 0. The summed E-state index contributed by atoms with van der Waals surface area (Å²) < 4.78 is 0. The molecule has 0 fully saturated rings. The maximum absolute atomic E-state index is 10.7. The summed E-state index contributed by atoms with van der Waals surface area (Å²) in [5, 5.41) is 2.09. The maximum Gasteiger partial charge on any atom is 0.226 e. The Hall–Kier alpha value is -0.860. The van der Waals surface area contributed by atoms with Gasteiger partial charge in [-0.2, -0.15) is 0 Å². The zero-order chi connectivity index (χ0) is 7.98. The summed E-state index contributed by atoms with van der Waals surface area (Å²) in [4.78, 5) is 20.4. The van der Waals surface area contributed by atoms with E-state index in [1.807, 2.05) is 13.8 Å². The van der Waals surface area contributed by atoms with Gasteiger partial charge >= 0.3 is 0 Å². The molecule has 0 aliphatic heterocycles. The summed E-state index contributed by atoms with van der Waals surface area (Å²) in [6.07, 6.45) is 1.83. The molecule has 0 saturated heterocycles. The normalized spacial score (nSPS) is 12.2. The Balaban J connectivity index is 3.46. The average Bonchev–Trinajstić information content (AvgIpc) is 1.88. The van der Waals surface area contributed by atoms with Gasteiger partial charge in [0.15, 0.2) is 0 Å². The number of amides is 2. The van der Waals surface area contributed by atoms with Gasteiger partial charge in [-0.15, -0.1) is 0 Å². The van der Waals surface area contributed by atoms with Crippen LogP contribution < -0.4 is 5.32 Å². The molecular weight excluding hydrogens is 130 g/mol. The van der Waals surface area contributed by atoms with Gasteiger partial charge in [0.2, 0.25) is 12.3 Å². The highest BCUT2D eigenvalue weighted by Gasteiger charge is 2.04. The van der Waals surface area contributed by atoms with Gasteiger partial charge in [-0.25, -0.2) is 0 Å². The van der Waals surface area contributed by atoms with Crippen LogP contribution in [-0.2, 0) is 9.59 Å². The van der Waals surface area contributed by atoms with Gasteiger partial charge in [0.1, 0.15) is 0 Å². The van der Waals surface area contributed by atoms with Gasteiger partial charge in [-0.05, 0) is 5.92 Å². The summed E-state index contributed by atoms with van der Waals surface area (Å²) in [6.45, 7) is 3.99. The topological polar surface area (TPSA) is 46.2 Å². The lowest BCUT2D eigenvalue weighted by Crippen LogP contribution is -2.22. The van der Waals surface area contributed by atoms with E-state index in [-0.39, 0.29) is 5.91 Å². The van der Waals surface area contributed by atoms with Crippen LogP contribution in [0.3, 0.4) is 0 Å². The molecule has 3 heteroatoms. The molecule has 0 saturated carbocycles. The molecular formula is C7H13NO2. The van der Waals surface area contributed by atoms with E-state index in [1.54, 1.807) is 0 Å². The summed E-state index contributed by atoms with van der Waals surface area (Å²) >= 11 is 0. The lowest BCUT2D eigenvalue weighted by atomic mass is 10.1. The first-order valence-electron chi connectivity index (χ1n) is 3.43. The second-order valence-electron chi connectivity index (χ2n) is 2.40. The highest BCUT2D eigenvalue weighted by Crippen LogP contribution is 2.04. The van der Waals surface area contributed by atoms with Gasteiger partial charge in [0.05, 0.1) is 0 Å². The first-order chi connectivity index (χ1) is 4.70. The van der Waals surface area contributed by atoms with Crippen LogP contribution in [0.2, 0.25) is 0 Å². The molecule has 1 N–H and O–H groups in total. The van der Waals surface area contributed by atoms with Crippen molar-refractivity contribution < 1.29 is 9.59 Å². The molecule has 2 amide bonds. The molecule has 0 heterocycles. The van der Waals surface area contributed by atoms with Gasteiger partial charge < -0.3 is 0 Å². The average molecular weight is 143 g/mol. The molecule has 0 aliphatic rings. The third-order valence-corrected chi connectivity index (χ3v) is 1.45. The largest absolute Gasteiger partial charge is 0.299 e. The highest BCUT2D eigenvalue weighted by molar-refractivity contribution is 5.85. The van der Waals surface area contributed by atoms with Crippen molar-refractivity contribution in [1.29, 1.82) is 0 Å². The molecule has 0 aromatic rings. The van der Waals surface area contributed by atoms with Crippen molar-refractivity contribution in [3.8, 4) is 0 Å². The van der Waals surface area contributed by atoms with E-state index < -0.39 is 0 Å². The molecule has 0 spiro atoms. The second-order valence-corrected chi connectivity index (χ2v) is 2.40. The van der Waals surface area contributed by atoms with Crippen LogP contribution in [-0.4, -0.2) is 12.3 Å². The molecule has 10 heavy (non-hydrogen) atoms. The Bertz CT molecular complexity index is 123. The van der Waals surface area contributed by atoms with E-state index in [2.05, 4.69) is 5.32 Å². The molecule has 58 valence electrons. The Morgan fingerprint density at radius 1 is 1.70 bits per heavy atom. The van der Waals surface area contributed by atoms with E-state index in [0.29, 0.717) is 18.7 Å². The lowest BCUT2D eigenvalue weighted by molar-refractivity contribution is -0.125. The molecule has 1 atom stereocenters. The maximum atomic E-state index is 10.7. The van der Waals surface area contributed by atoms with Crippen molar-refractivity contribution in [1.82, 2.24) is 5.32 Å². The summed E-state index contributed by atoms with van der Waals surface area (Å²) in [5.74, 6) is 0.171. The quantitative estimate of drug-likeness (QED) is 0.589. The summed E-state index contributed by atoms with van der Waals surface area (Å²) in [6, 6.07) is 0. The number of hydrogen-bond acceptors (Lipinski definition) is 2. The molecule has 0 rings (SSSR count). The van der Waals surface area contributed by atoms with E-state index in [4.69, 9.17) is 0 Å². The minimum Gasteiger partial charge on any atom is -0.299 e. The van der Waals surface area contributed by atoms with Crippen molar-refractivity contribution in [3.63, 3.8) is 0 Å². The fourth-order valence-electron chi connectivity index (χ4n) is 0.585. The Kier molecular flexibility index (Phi) is 4.54. The van der Waals surface area contributed by atoms with Gasteiger partial charge in [-0.1, -0.05) is 20.3 Å². The minimum atomic E-state index is -0.190. The molecule has 0 aliphatic carbocycles. The van der Waals surface area contributed by atoms with Crippen LogP contribution in [0.25, 0.3) is 0 Å². The molecule has 0 radical (unpaired) electrons. The van der Waals surface area contributed by atoms with E-state index >= 15 is 0 Å². The van der Waals surface area contributed by atoms with Gasteiger partial charge in [0, 0.05) is 6.42 Å². The van der Waals surface area contributed by atoms with Crippen molar-refractivity contribution >= 4 is 12.3 Å². The third-order valence-electron chi connectivity index (χ3n) is 1.45. The zero-order valence-corrected chi connectivity index (χ0v) is 6.39. The second kappa shape index (κ2) is 4.97. The standard InChI is InChI=1S/C7H13NO2/c1-3-6(2)4-7(10)8-5-9/h5-6H,3-4H2,1-2H3,(H,8,9,10). The zero-order valence-electron chi connectivity index (χ0n) is 6.39. The Labute approximate surface area is 60.8 Å². The monoisotopic (exact) mass is 143 g/mol. The smallest absolute Gasteiger partial charge is 0.226 e. The first-order valence-corrected chi connectivity index (χ1v) is 3.43. The Morgan fingerprint density at radius 3 is 2.70 bits per heavy atom. The fourth-order valence-corrected chi connectivity index (χ4v) is 0.585. The van der Waals surface area contributed by atoms with Gasteiger partial charge in [-0.3, -0.25) is 14.9 Å². The number of carbonyl (C=O) groups excluding carboxylic acids is 2. The van der Waals surface area contributed by atoms with E-state index in [9.17, 15) is 9.59 Å². The fraction of sp³-hybridized carbons (Fsp3) is 0.714. The summed E-state index contributed by atoms with van der Waals surface area (Å²) in [5.41, 5.74) is 0. The van der Waals surface area contributed by atoms with Crippen LogP contribution >= 0.6 is 0 Å². The lowest BCUT2D eigenvalue weighted by Gasteiger charge is -2.04. The van der Waals surface area contributed by atoms with Crippen molar-refractivity contribution in [3.05, 3.63) is 0 Å². The van der Waals surface area contributed by atoms with E-state index in [1.165, 1.54) is 0 Å². The number of imide groups is 1. The molecule has 0 aromatic heterocycles. The number of rotatable bonds is 4. The van der Waals surface area contributed by atoms with Gasteiger partial charge in [0.25, 0.3) is 0 Å². The molecule has 1 unspecified atom stereocenters. The number of carbonyl (C=O) groups is 2. The predicted molar refractivity (Wildman–Crippen MR) is 38.3 cm³/mol. The number of hydrogen-bond donors (Lipinski definition) is 1. The Morgan fingerprint density at radius 2 is 2.30 bits per heavy atom. The first kappa shape index (κ1) is 9.14. The minimum absolute atomic E-state index is 0.190. The third kappa shape index (κ3) is 4.06. The molecule has 3 nitrogen and oxygen atoms in total. The van der Waals surface area contributed by atoms with Crippen molar-refractivity contribution in [2.45, 2.75) is 26.7 Å². The SMILES string of the molecule is CCC(C)CC(=O)NC=O. The molecule has 0 bridgehead atoms. The predicted octanol–water partition coefficient (Wildman–Crippen LogP) is 0.695. The highest BCUT2D eigenvalue weighted by atomic mass is 16.2. The van der Waals surface area contributed by atoms with Crippen molar-refractivity contribution in [2.24, 2.45) is 5.92 Å². The van der Waals surface area contributed by atoms with Crippen LogP contribution in [0.5, 0.6) is 0 Å².